The van der Waals surface area contributed by atoms with Crippen LogP contribution >= 0.6 is 0 Å². The van der Waals surface area contributed by atoms with Gasteiger partial charge in [0.15, 0.2) is 0 Å². The Hall–Kier alpha value is -1.12. The summed E-state index contributed by atoms with van der Waals surface area (Å²) >= 11 is 0. The third-order valence-corrected chi connectivity index (χ3v) is 2.32. The van der Waals surface area contributed by atoms with Gasteiger partial charge in [-0.25, -0.2) is 0 Å². The second-order valence-corrected chi connectivity index (χ2v) is 3.62. The molecule has 0 radical (unpaired) electrons. The smallest absolute Gasteiger partial charge is 0.0646 e. The van der Waals surface area contributed by atoms with Crippen LogP contribution in [0.2, 0.25) is 0 Å². The van der Waals surface area contributed by atoms with Crippen LogP contribution < -0.4 is 5.32 Å². The molecular formula is C12H17NO. The SMILES string of the molecule is C=C[C@](C)(CO)NCc1ccccc1. The molecule has 1 atom stereocenters. The van der Waals surface area contributed by atoms with E-state index < -0.39 is 5.54 Å². The fourth-order valence-corrected chi connectivity index (χ4v) is 1.09. The van der Waals surface area contributed by atoms with Gasteiger partial charge >= 0.3 is 0 Å². The molecule has 0 amide bonds. The van der Waals surface area contributed by atoms with Gasteiger partial charge in [0.2, 0.25) is 0 Å². The molecule has 0 spiro atoms. The lowest BCUT2D eigenvalue weighted by atomic mass is 10.0. The van der Waals surface area contributed by atoms with Crippen molar-refractivity contribution >= 4 is 0 Å². The number of benzene rings is 1. The number of nitrogens with one attached hydrogen (secondary N) is 1. The van der Waals surface area contributed by atoms with Crippen LogP contribution in [0, 0.1) is 0 Å². The molecule has 0 aliphatic rings. The predicted molar refractivity (Wildman–Crippen MR) is 59.0 cm³/mol. The molecule has 0 heterocycles. The number of rotatable bonds is 5. The minimum atomic E-state index is -0.393. The Labute approximate surface area is 85.3 Å². The monoisotopic (exact) mass is 191 g/mol. The van der Waals surface area contributed by atoms with Gasteiger partial charge in [-0.3, -0.25) is 0 Å². The Bertz CT molecular complexity index is 284. The van der Waals surface area contributed by atoms with Crippen molar-refractivity contribution in [3.8, 4) is 0 Å². The summed E-state index contributed by atoms with van der Waals surface area (Å²) in [6, 6.07) is 10.1. The van der Waals surface area contributed by atoms with Gasteiger partial charge in [0, 0.05) is 6.54 Å². The third-order valence-electron chi connectivity index (χ3n) is 2.32. The van der Waals surface area contributed by atoms with Crippen LogP contribution in [0.15, 0.2) is 43.0 Å². The normalized spacial score (nSPS) is 14.7. The Morgan fingerprint density at radius 3 is 2.57 bits per heavy atom. The highest BCUT2D eigenvalue weighted by Crippen LogP contribution is 2.06. The Morgan fingerprint density at radius 1 is 1.43 bits per heavy atom. The van der Waals surface area contributed by atoms with E-state index >= 15 is 0 Å². The lowest BCUT2D eigenvalue weighted by Gasteiger charge is -2.24. The van der Waals surface area contributed by atoms with Crippen molar-refractivity contribution in [3.63, 3.8) is 0 Å². The molecule has 2 N–H and O–H groups in total. The van der Waals surface area contributed by atoms with Gasteiger partial charge in [-0.05, 0) is 12.5 Å². The molecule has 0 aromatic heterocycles. The van der Waals surface area contributed by atoms with Crippen LogP contribution in [0.4, 0.5) is 0 Å². The van der Waals surface area contributed by atoms with Gasteiger partial charge in [0.25, 0.3) is 0 Å². The van der Waals surface area contributed by atoms with Crippen molar-refractivity contribution < 1.29 is 5.11 Å². The molecule has 1 rings (SSSR count). The lowest BCUT2D eigenvalue weighted by molar-refractivity contribution is 0.207. The molecule has 0 bridgehead atoms. The van der Waals surface area contributed by atoms with Crippen LogP contribution in [0.5, 0.6) is 0 Å². The van der Waals surface area contributed by atoms with E-state index in [0.29, 0.717) is 0 Å². The van der Waals surface area contributed by atoms with Gasteiger partial charge in [0.1, 0.15) is 0 Å². The maximum absolute atomic E-state index is 9.13. The first-order chi connectivity index (χ1) is 6.70. The zero-order valence-corrected chi connectivity index (χ0v) is 8.53. The molecule has 2 heteroatoms. The molecule has 0 saturated carbocycles. The van der Waals surface area contributed by atoms with Gasteiger partial charge in [-0.15, -0.1) is 6.58 Å². The van der Waals surface area contributed by atoms with Crippen LogP contribution in [-0.2, 0) is 6.54 Å². The molecule has 14 heavy (non-hydrogen) atoms. The van der Waals surface area contributed by atoms with Crippen LogP contribution in [0.3, 0.4) is 0 Å². The van der Waals surface area contributed by atoms with E-state index in [0.717, 1.165) is 6.54 Å². The highest BCUT2D eigenvalue weighted by Gasteiger charge is 2.17. The summed E-state index contributed by atoms with van der Waals surface area (Å²) in [4.78, 5) is 0. The van der Waals surface area contributed by atoms with Gasteiger partial charge in [-0.2, -0.15) is 0 Å². The van der Waals surface area contributed by atoms with Crippen molar-refractivity contribution in [3.05, 3.63) is 48.6 Å². The molecule has 76 valence electrons. The van der Waals surface area contributed by atoms with Crippen molar-refractivity contribution in [1.82, 2.24) is 5.32 Å². The van der Waals surface area contributed by atoms with Crippen LogP contribution in [0.1, 0.15) is 12.5 Å². The van der Waals surface area contributed by atoms with Crippen molar-refractivity contribution in [2.45, 2.75) is 19.0 Å². The number of hydrogen-bond donors (Lipinski definition) is 2. The Morgan fingerprint density at radius 2 is 2.07 bits per heavy atom. The quantitative estimate of drug-likeness (QED) is 0.694. The highest BCUT2D eigenvalue weighted by atomic mass is 16.3. The van der Waals surface area contributed by atoms with E-state index in [1.807, 2.05) is 37.3 Å². The summed E-state index contributed by atoms with van der Waals surface area (Å²) in [7, 11) is 0. The van der Waals surface area contributed by atoms with Gasteiger partial charge in [0.05, 0.1) is 12.1 Å². The van der Waals surface area contributed by atoms with E-state index in [-0.39, 0.29) is 6.61 Å². The highest BCUT2D eigenvalue weighted by molar-refractivity contribution is 5.15. The largest absolute Gasteiger partial charge is 0.394 e. The average Bonchev–Trinajstić information content (AvgIpc) is 2.27. The summed E-state index contributed by atoms with van der Waals surface area (Å²) < 4.78 is 0. The zero-order valence-electron chi connectivity index (χ0n) is 8.53. The van der Waals surface area contributed by atoms with Crippen molar-refractivity contribution in [1.29, 1.82) is 0 Å². The lowest BCUT2D eigenvalue weighted by Crippen LogP contribution is -2.43. The third kappa shape index (κ3) is 2.98. The second-order valence-electron chi connectivity index (χ2n) is 3.62. The van der Waals surface area contributed by atoms with Gasteiger partial charge in [-0.1, -0.05) is 36.4 Å². The van der Waals surface area contributed by atoms with E-state index in [9.17, 15) is 0 Å². The van der Waals surface area contributed by atoms with E-state index in [1.165, 1.54) is 5.56 Å². The summed E-state index contributed by atoms with van der Waals surface area (Å²) in [5, 5.41) is 12.4. The molecule has 2 nitrogen and oxygen atoms in total. The van der Waals surface area contributed by atoms with Crippen LogP contribution in [0.25, 0.3) is 0 Å². The maximum Gasteiger partial charge on any atom is 0.0646 e. The predicted octanol–water partition coefficient (Wildman–Crippen LogP) is 1.71. The minimum Gasteiger partial charge on any atom is -0.394 e. The fourth-order valence-electron chi connectivity index (χ4n) is 1.09. The maximum atomic E-state index is 9.13. The molecule has 1 aromatic rings. The van der Waals surface area contributed by atoms with Gasteiger partial charge < -0.3 is 10.4 Å². The first kappa shape index (κ1) is 11.0. The summed E-state index contributed by atoms with van der Waals surface area (Å²) in [5.74, 6) is 0. The standard InChI is InChI=1S/C12H17NO/c1-3-12(2,10-14)13-9-11-7-5-4-6-8-11/h3-8,13-14H,1,9-10H2,2H3/t12-/m1/s1. The molecule has 1 aromatic carbocycles. The second kappa shape index (κ2) is 4.94. The molecular weight excluding hydrogens is 174 g/mol. The first-order valence-electron chi connectivity index (χ1n) is 4.73. The number of aliphatic hydroxyl groups is 1. The fraction of sp³-hybridized carbons (Fsp3) is 0.333. The molecule has 0 saturated heterocycles. The average molecular weight is 191 g/mol. The molecule has 0 fully saturated rings. The Kier molecular flexibility index (Phi) is 3.86. The van der Waals surface area contributed by atoms with Crippen molar-refractivity contribution in [2.75, 3.05) is 6.61 Å². The number of hydrogen-bond acceptors (Lipinski definition) is 2. The van der Waals surface area contributed by atoms with E-state index in [4.69, 9.17) is 5.11 Å². The van der Waals surface area contributed by atoms with Crippen LogP contribution in [-0.4, -0.2) is 17.3 Å². The number of aliphatic hydroxyl groups excluding tert-OH is 1. The van der Waals surface area contributed by atoms with E-state index in [1.54, 1.807) is 6.08 Å². The topological polar surface area (TPSA) is 32.3 Å². The Balaban J connectivity index is 2.52. The minimum absolute atomic E-state index is 0.0589. The van der Waals surface area contributed by atoms with E-state index in [2.05, 4.69) is 11.9 Å². The molecule has 0 aliphatic carbocycles. The summed E-state index contributed by atoms with van der Waals surface area (Å²) in [6.07, 6.45) is 1.73. The summed E-state index contributed by atoms with van der Waals surface area (Å²) in [5.41, 5.74) is 0.810. The summed E-state index contributed by atoms with van der Waals surface area (Å²) in [6.45, 7) is 6.41. The molecule has 0 unspecified atom stereocenters. The first-order valence-corrected chi connectivity index (χ1v) is 4.73. The zero-order chi connectivity index (χ0) is 10.4. The molecule has 0 aliphatic heterocycles. The van der Waals surface area contributed by atoms with Crippen molar-refractivity contribution in [2.24, 2.45) is 0 Å².